The molecule has 3 heterocycles. The van der Waals surface area contributed by atoms with Crippen LogP contribution in [0.4, 0.5) is 0 Å². The Bertz CT molecular complexity index is 659. The Balaban J connectivity index is 1.84. The van der Waals surface area contributed by atoms with E-state index in [4.69, 9.17) is 4.74 Å². The molecule has 0 aliphatic carbocycles. The van der Waals surface area contributed by atoms with Crippen molar-refractivity contribution < 1.29 is 9.53 Å². The SMILES string of the molecule is Cc1nc(-c2cccs2)ccc1C(=O)N1C[C@@H](C)O[C@H](C)C1. The van der Waals surface area contributed by atoms with Gasteiger partial charge >= 0.3 is 0 Å². The van der Waals surface area contributed by atoms with Gasteiger partial charge in [-0.3, -0.25) is 9.78 Å². The third-order valence-electron chi connectivity index (χ3n) is 3.80. The van der Waals surface area contributed by atoms with Crippen molar-refractivity contribution in [3.8, 4) is 10.6 Å². The zero-order chi connectivity index (χ0) is 15.7. The number of aryl methyl sites for hydroxylation is 1. The van der Waals surface area contributed by atoms with Gasteiger partial charge in [-0.15, -0.1) is 11.3 Å². The number of morpholine rings is 1. The van der Waals surface area contributed by atoms with Gasteiger partial charge < -0.3 is 9.64 Å². The van der Waals surface area contributed by atoms with Crippen molar-refractivity contribution in [3.63, 3.8) is 0 Å². The number of amides is 1. The fraction of sp³-hybridized carbons (Fsp3) is 0.412. The van der Waals surface area contributed by atoms with Crippen LogP contribution in [0.2, 0.25) is 0 Å². The molecule has 2 atom stereocenters. The number of hydrogen-bond donors (Lipinski definition) is 0. The summed E-state index contributed by atoms with van der Waals surface area (Å²) in [6, 6.07) is 7.87. The standard InChI is InChI=1S/C17H20N2O2S/c1-11-9-19(10-12(2)21-11)17(20)14-6-7-15(18-13(14)3)16-5-4-8-22-16/h4-8,11-12H,9-10H2,1-3H3/t11-,12-/m1/s1. The molecular formula is C17H20N2O2S. The molecule has 3 rings (SSSR count). The monoisotopic (exact) mass is 316 g/mol. The van der Waals surface area contributed by atoms with Crippen molar-refractivity contribution in [2.75, 3.05) is 13.1 Å². The average molecular weight is 316 g/mol. The number of aromatic nitrogens is 1. The predicted octanol–water partition coefficient (Wildman–Crippen LogP) is 3.37. The minimum absolute atomic E-state index is 0.0460. The largest absolute Gasteiger partial charge is 0.372 e. The third-order valence-corrected chi connectivity index (χ3v) is 4.69. The van der Waals surface area contributed by atoms with Gasteiger partial charge in [0.15, 0.2) is 0 Å². The Hall–Kier alpha value is -1.72. The molecule has 1 aliphatic rings. The maximum atomic E-state index is 12.7. The van der Waals surface area contributed by atoms with Gasteiger partial charge in [-0.25, -0.2) is 0 Å². The number of pyridine rings is 1. The summed E-state index contributed by atoms with van der Waals surface area (Å²) in [4.78, 5) is 20.3. The summed E-state index contributed by atoms with van der Waals surface area (Å²) in [7, 11) is 0. The Morgan fingerprint density at radius 3 is 2.59 bits per heavy atom. The van der Waals surface area contributed by atoms with Crippen LogP contribution in [0.5, 0.6) is 0 Å². The highest BCUT2D eigenvalue weighted by molar-refractivity contribution is 7.13. The molecule has 2 aromatic heterocycles. The molecule has 1 aliphatic heterocycles. The Morgan fingerprint density at radius 2 is 2.00 bits per heavy atom. The van der Waals surface area contributed by atoms with Gasteiger partial charge in [-0.05, 0) is 44.4 Å². The Morgan fingerprint density at radius 1 is 1.27 bits per heavy atom. The lowest BCUT2D eigenvalue weighted by Gasteiger charge is -2.35. The minimum Gasteiger partial charge on any atom is -0.372 e. The third kappa shape index (κ3) is 3.05. The van der Waals surface area contributed by atoms with E-state index < -0.39 is 0 Å². The van der Waals surface area contributed by atoms with Gasteiger partial charge in [0.2, 0.25) is 0 Å². The van der Waals surface area contributed by atoms with Gasteiger partial charge in [0.25, 0.3) is 5.91 Å². The van der Waals surface area contributed by atoms with Crippen LogP contribution in [0.3, 0.4) is 0 Å². The summed E-state index contributed by atoms with van der Waals surface area (Å²) in [6.07, 6.45) is 0.151. The highest BCUT2D eigenvalue weighted by atomic mass is 32.1. The van der Waals surface area contributed by atoms with E-state index in [1.165, 1.54) is 0 Å². The summed E-state index contributed by atoms with van der Waals surface area (Å²) in [5.41, 5.74) is 2.39. The summed E-state index contributed by atoms with van der Waals surface area (Å²) in [6.45, 7) is 7.17. The summed E-state index contributed by atoms with van der Waals surface area (Å²) in [5, 5.41) is 2.03. The first-order valence-electron chi connectivity index (χ1n) is 7.51. The molecule has 2 aromatic rings. The van der Waals surface area contributed by atoms with E-state index in [9.17, 15) is 4.79 Å². The topological polar surface area (TPSA) is 42.4 Å². The lowest BCUT2D eigenvalue weighted by Crippen LogP contribution is -2.48. The van der Waals surface area contributed by atoms with Gasteiger partial charge in [0.05, 0.1) is 34.0 Å². The van der Waals surface area contributed by atoms with E-state index in [-0.39, 0.29) is 18.1 Å². The number of hydrogen-bond acceptors (Lipinski definition) is 4. The van der Waals surface area contributed by atoms with Crippen LogP contribution in [-0.2, 0) is 4.74 Å². The second-order valence-corrected chi connectivity index (χ2v) is 6.72. The van der Waals surface area contributed by atoms with Gasteiger partial charge in [0.1, 0.15) is 0 Å². The molecule has 0 spiro atoms. The normalized spacial score (nSPS) is 21.9. The number of carbonyl (C=O) groups is 1. The molecule has 22 heavy (non-hydrogen) atoms. The predicted molar refractivity (Wildman–Crippen MR) is 88.2 cm³/mol. The van der Waals surface area contributed by atoms with Crippen molar-refractivity contribution >= 4 is 17.2 Å². The van der Waals surface area contributed by atoms with Crippen molar-refractivity contribution in [2.24, 2.45) is 0 Å². The number of rotatable bonds is 2. The lowest BCUT2D eigenvalue weighted by atomic mass is 10.1. The molecule has 0 bridgehead atoms. The highest BCUT2D eigenvalue weighted by Gasteiger charge is 2.27. The van der Waals surface area contributed by atoms with E-state index in [0.717, 1.165) is 16.3 Å². The zero-order valence-electron chi connectivity index (χ0n) is 13.1. The van der Waals surface area contributed by atoms with Crippen LogP contribution in [-0.4, -0.2) is 41.1 Å². The molecule has 1 amide bonds. The molecular weight excluding hydrogens is 296 g/mol. The molecule has 0 aromatic carbocycles. The Labute approximate surface area is 134 Å². The van der Waals surface area contributed by atoms with Crippen LogP contribution in [0.15, 0.2) is 29.6 Å². The molecule has 1 saturated heterocycles. The molecule has 0 N–H and O–H groups in total. The molecule has 0 radical (unpaired) electrons. The van der Waals surface area contributed by atoms with Gasteiger partial charge in [-0.2, -0.15) is 0 Å². The Kier molecular flexibility index (Phi) is 4.27. The number of ether oxygens (including phenoxy) is 1. The molecule has 1 fully saturated rings. The van der Waals surface area contributed by atoms with Gasteiger partial charge in [0, 0.05) is 13.1 Å². The highest BCUT2D eigenvalue weighted by Crippen LogP contribution is 2.24. The van der Waals surface area contributed by atoms with Crippen molar-refractivity contribution in [1.82, 2.24) is 9.88 Å². The maximum absolute atomic E-state index is 12.7. The zero-order valence-corrected chi connectivity index (χ0v) is 13.9. The molecule has 5 heteroatoms. The second-order valence-electron chi connectivity index (χ2n) is 5.77. The fourth-order valence-corrected chi connectivity index (χ4v) is 3.56. The summed E-state index contributed by atoms with van der Waals surface area (Å²) in [5.74, 6) is 0.0460. The van der Waals surface area contributed by atoms with Crippen LogP contribution in [0.25, 0.3) is 10.6 Å². The number of thiophene rings is 1. The molecule has 116 valence electrons. The van der Waals surface area contributed by atoms with Crippen LogP contribution >= 0.6 is 11.3 Å². The van der Waals surface area contributed by atoms with Crippen molar-refractivity contribution in [2.45, 2.75) is 33.0 Å². The second kappa shape index (κ2) is 6.18. The number of nitrogens with zero attached hydrogens (tertiary/aromatic N) is 2. The summed E-state index contributed by atoms with van der Waals surface area (Å²) < 4.78 is 5.69. The minimum atomic E-state index is 0.0460. The quantitative estimate of drug-likeness (QED) is 0.853. The van der Waals surface area contributed by atoms with Crippen LogP contribution in [0, 0.1) is 6.92 Å². The molecule has 4 nitrogen and oxygen atoms in total. The van der Waals surface area contributed by atoms with Crippen LogP contribution < -0.4 is 0 Å². The molecule has 0 saturated carbocycles. The number of carbonyl (C=O) groups excluding carboxylic acids is 1. The van der Waals surface area contributed by atoms with Gasteiger partial charge in [-0.1, -0.05) is 6.07 Å². The van der Waals surface area contributed by atoms with E-state index in [1.807, 2.05) is 55.3 Å². The van der Waals surface area contributed by atoms with Crippen LogP contribution in [0.1, 0.15) is 29.9 Å². The smallest absolute Gasteiger partial charge is 0.255 e. The first kappa shape index (κ1) is 15.2. The van der Waals surface area contributed by atoms with Crippen molar-refractivity contribution in [3.05, 3.63) is 40.9 Å². The van der Waals surface area contributed by atoms with E-state index in [2.05, 4.69) is 4.98 Å². The average Bonchev–Trinajstić information content (AvgIpc) is 2.99. The first-order valence-corrected chi connectivity index (χ1v) is 8.39. The van der Waals surface area contributed by atoms with E-state index >= 15 is 0 Å². The fourth-order valence-electron chi connectivity index (χ4n) is 2.86. The summed E-state index contributed by atoms with van der Waals surface area (Å²) >= 11 is 1.65. The first-order chi connectivity index (χ1) is 10.5. The van der Waals surface area contributed by atoms with E-state index in [1.54, 1.807) is 11.3 Å². The lowest BCUT2D eigenvalue weighted by molar-refractivity contribution is -0.0586. The van der Waals surface area contributed by atoms with Crippen molar-refractivity contribution in [1.29, 1.82) is 0 Å². The maximum Gasteiger partial charge on any atom is 0.255 e. The van der Waals surface area contributed by atoms with E-state index in [0.29, 0.717) is 18.7 Å². The molecule has 0 unspecified atom stereocenters.